The molecule has 0 aromatic heterocycles. The Bertz CT molecular complexity index is 353. The van der Waals surface area contributed by atoms with Crippen molar-refractivity contribution in [1.82, 2.24) is 9.80 Å². The first-order chi connectivity index (χ1) is 8.61. The van der Waals surface area contributed by atoms with Crippen molar-refractivity contribution >= 4 is 35.6 Å². The van der Waals surface area contributed by atoms with E-state index in [0.717, 1.165) is 25.5 Å². The molecule has 0 aliphatic heterocycles. The SMILES string of the molecule is CN(C)C(=NCCCNc1ccccc1)N(C)C.I. The Morgan fingerprint density at radius 3 is 2.16 bits per heavy atom. The summed E-state index contributed by atoms with van der Waals surface area (Å²) in [6.07, 6.45) is 1.03. The van der Waals surface area contributed by atoms with Gasteiger partial charge in [0.2, 0.25) is 0 Å². The second-order valence-corrected chi connectivity index (χ2v) is 4.62. The third-order valence-corrected chi connectivity index (χ3v) is 2.49. The molecule has 19 heavy (non-hydrogen) atoms. The summed E-state index contributed by atoms with van der Waals surface area (Å²) in [5.74, 6) is 1.01. The van der Waals surface area contributed by atoms with Crippen molar-refractivity contribution in [2.24, 2.45) is 4.99 Å². The molecule has 0 saturated carbocycles. The average Bonchev–Trinajstić information content (AvgIpc) is 2.34. The van der Waals surface area contributed by atoms with Crippen molar-refractivity contribution in [2.75, 3.05) is 46.6 Å². The van der Waals surface area contributed by atoms with Crippen LogP contribution in [0.4, 0.5) is 5.69 Å². The second-order valence-electron chi connectivity index (χ2n) is 4.62. The molecule has 0 unspecified atom stereocenters. The van der Waals surface area contributed by atoms with Crippen LogP contribution >= 0.6 is 24.0 Å². The highest BCUT2D eigenvalue weighted by atomic mass is 127. The standard InChI is InChI=1S/C14H24N4.HI/c1-17(2)14(18(3)4)16-12-8-11-15-13-9-6-5-7-10-13;/h5-7,9-10,15H,8,11-12H2,1-4H3;1H. The van der Waals surface area contributed by atoms with E-state index in [9.17, 15) is 0 Å². The number of rotatable bonds is 5. The van der Waals surface area contributed by atoms with Crippen LogP contribution < -0.4 is 5.32 Å². The zero-order chi connectivity index (χ0) is 13.4. The number of nitrogens with zero attached hydrogens (tertiary/aromatic N) is 3. The van der Waals surface area contributed by atoms with Gasteiger partial charge in [-0.3, -0.25) is 4.99 Å². The Morgan fingerprint density at radius 2 is 1.63 bits per heavy atom. The lowest BCUT2D eigenvalue weighted by Gasteiger charge is -2.22. The molecule has 0 saturated heterocycles. The predicted molar refractivity (Wildman–Crippen MR) is 94.6 cm³/mol. The second kappa shape index (κ2) is 9.89. The van der Waals surface area contributed by atoms with Gasteiger partial charge in [-0.25, -0.2) is 0 Å². The highest BCUT2D eigenvalue weighted by Crippen LogP contribution is 2.04. The molecule has 5 heteroatoms. The molecule has 4 nitrogen and oxygen atoms in total. The van der Waals surface area contributed by atoms with E-state index in [2.05, 4.69) is 22.4 Å². The molecule has 0 bridgehead atoms. The number of halogens is 1. The smallest absolute Gasteiger partial charge is 0.195 e. The van der Waals surface area contributed by atoms with Gasteiger partial charge in [0.05, 0.1) is 0 Å². The number of aliphatic imine (C=N–C) groups is 1. The molecule has 0 radical (unpaired) electrons. The lowest BCUT2D eigenvalue weighted by Crippen LogP contribution is -2.35. The van der Waals surface area contributed by atoms with E-state index in [-0.39, 0.29) is 24.0 Å². The van der Waals surface area contributed by atoms with Crippen molar-refractivity contribution in [3.8, 4) is 0 Å². The molecule has 0 heterocycles. The molecule has 0 atom stereocenters. The Morgan fingerprint density at radius 1 is 1.05 bits per heavy atom. The summed E-state index contributed by atoms with van der Waals surface area (Å²) in [5, 5.41) is 3.38. The molecule has 0 spiro atoms. The van der Waals surface area contributed by atoms with Gasteiger partial charge in [0.15, 0.2) is 5.96 Å². The van der Waals surface area contributed by atoms with E-state index >= 15 is 0 Å². The molecule has 0 fully saturated rings. The predicted octanol–water partition coefficient (Wildman–Crippen LogP) is 2.59. The van der Waals surface area contributed by atoms with Crippen LogP contribution in [-0.4, -0.2) is 57.0 Å². The van der Waals surface area contributed by atoms with Crippen LogP contribution in [-0.2, 0) is 0 Å². The summed E-state index contributed by atoms with van der Waals surface area (Å²) in [6.45, 7) is 1.78. The van der Waals surface area contributed by atoms with Crippen LogP contribution in [0, 0.1) is 0 Å². The van der Waals surface area contributed by atoms with Crippen LogP contribution in [0.1, 0.15) is 6.42 Å². The summed E-state index contributed by atoms with van der Waals surface area (Å²) < 4.78 is 0. The van der Waals surface area contributed by atoms with Gasteiger partial charge in [-0.2, -0.15) is 0 Å². The Kier molecular flexibility index (Phi) is 9.38. The summed E-state index contributed by atoms with van der Waals surface area (Å²) in [5.41, 5.74) is 1.17. The van der Waals surface area contributed by atoms with Crippen LogP contribution in [0.5, 0.6) is 0 Å². The molecule has 0 aliphatic carbocycles. The van der Waals surface area contributed by atoms with Crippen molar-refractivity contribution in [3.63, 3.8) is 0 Å². The molecule has 1 rings (SSSR count). The van der Waals surface area contributed by atoms with Gasteiger partial charge >= 0.3 is 0 Å². The van der Waals surface area contributed by atoms with Crippen LogP contribution in [0.3, 0.4) is 0 Å². The number of benzene rings is 1. The van der Waals surface area contributed by atoms with Crippen molar-refractivity contribution in [1.29, 1.82) is 0 Å². The number of guanidine groups is 1. The van der Waals surface area contributed by atoms with E-state index in [1.807, 2.05) is 56.2 Å². The molecule has 1 aromatic carbocycles. The highest BCUT2D eigenvalue weighted by Gasteiger charge is 2.02. The number of para-hydroxylation sites is 1. The lowest BCUT2D eigenvalue weighted by atomic mass is 10.3. The first-order valence-electron chi connectivity index (χ1n) is 6.29. The average molecular weight is 376 g/mol. The molecule has 1 N–H and O–H groups in total. The quantitative estimate of drug-likeness (QED) is 0.371. The van der Waals surface area contributed by atoms with Gasteiger partial charge in [-0.05, 0) is 18.6 Å². The first-order valence-corrected chi connectivity index (χ1v) is 6.29. The molecule has 108 valence electrons. The number of nitrogens with one attached hydrogen (secondary N) is 1. The van der Waals surface area contributed by atoms with Crippen LogP contribution in [0.2, 0.25) is 0 Å². The van der Waals surface area contributed by atoms with E-state index in [1.54, 1.807) is 0 Å². The van der Waals surface area contributed by atoms with E-state index < -0.39 is 0 Å². The largest absolute Gasteiger partial charge is 0.385 e. The lowest BCUT2D eigenvalue weighted by molar-refractivity contribution is 0.479. The van der Waals surface area contributed by atoms with Crippen molar-refractivity contribution in [2.45, 2.75) is 6.42 Å². The number of hydrogen-bond acceptors (Lipinski definition) is 2. The molecule has 1 aromatic rings. The van der Waals surface area contributed by atoms with Crippen LogP contribution in [0.15, 0.2) is 35.3 Å². The maximum Gasteiger partial charge on any atom is 0.195 e. The van der Waals surface area contributed by atoms with E-state index in [1.165, 1.54) is 5.69 Å². The van der Waals surface area contributed by atoms with Gasteiger partial charge in [0, 0.05) is 47.0 Å². The minimum atomic E-state index is 0. The summed E-state index contributed by atoms with van der Waals surface area (Å²) in [4.78, 5) is 8.65. The van der Waals surface area contributed by atoms with Gasteiger partial charge in [0.25, 0.3) is 0 Å². The molecule has 0 aliphatic rings. The van der Waals surface area contributed by atoms with Gasteiger partial charge in [-0.1, -0.05) is 18.2 Å². The minimum absolute atomic E-state index is 0. The number of anilines is 1. The monoisotopic (exact) mass is 376 g/mol. The highest BCUT2D eigenvalue weighted by molar-refractivity contribution is 14.0. The van der Waals surface area contributed by atoms with Gasteiger partial charge in [0.1, 0.15) is 0 Å². The summed E-state index contributed by atoms with van der Waals surface area (Å²) in [6, 6.07) is 10.3. The zero-order valence-electron chi connectivity index (χ0n) is 12.3. The maximum atomic E-state index is 4.58. The Hall–Kier alpha value is -0.980. The van der Waals surface area contributed by atoms with Crippen molar-refractivity contribution in [3.05, 3.63) is 30.3 Å². The molecular weight excluding hydrogens is 351 g/mol. The molecular formula is C14H25IN4. The van der Waals surface area contributed by atoms with Gasteiger partial charge < -0.3 is 15.1 Å². The fourth-order valence-corrected chi connectivity index (χ4v) is 1.73. The fraction of sp³-hybridized carbons (Fsp3) is 0.500. The Labute approximate surface area is 133 Å². The number of hydrogen-bond donors (Lipinski definition) is 1. The third kappa shape index (κ3) is 7.25. The van der Waals surface area contributed by atoms with Crippen LogP contribution in [0.25, 0.3) is 0 Å². The minimum Gasteiger partial charge on any atom is -0.385 e. The first kappa shape index (κ1) is 18.0. The van der Waals surface area contributed by atoms with Crippen molar-refractivity contribution < 1.29 is 0 Å². The summed E-state index contributed by atoms with van der Waals surface area (Å²) >= 11 is 0. The third-order valence-electron chi connectivity index (χ3n) is 2.49. The Balaban J connectivity index is 0.00000324. The fourth-order valence-electron chi connectivity index (χ4n) is 1.73. The van der Waals surface area contributed by atoms with Gasteiger partial charge in [-0.15, -0.1) is 24.0 Å². The normalized spacial score (nSPS) is 9.26. The van der Waals surface area contributed by atoms with E-state index in [4.69, 9.17) is 0 Å². The topological polar surface area (TPSA) is 30.9 Å². The zero-order valence-corrected chi connectivity index (χ0v) is 14.6. The summed E-state index contributed by atoms with van der Waals surface area (Å²) in [7, 11) is 8.06. The van der Waals surface area contributed by atoms with E-state index in [0.29, 0.717) is 0 Å². The molecule has 0 amide bonds. The maximum absolute atomic E-state index is 4.58.